The Hall–Kier alpha value is -3.66. The SMILES string of the molecule is CCSc1ccc(CNC(=O)c2ccc3c(c2)nc(C2CC2)n3Cc2cc(OC)cc(OC(F)(F)F)c2)cc1. The topological polar surface area (TPSA) is 65.4 Å². The summed E-state index contributed by atoms with van der Waals surface area (Å²) in [6, 6.07) is 17.7. The van der Waals surface area contributed by atoms with Crippen LogP contribution in [0.3, 0.4) is 0 Å². The zero-order valence-electron chi connectivity index (χ0n) is 21.5. The molecule has 1 fully saturated rings. The third-order valence-corrected chi connectivity index (χ3v) is 7.31. The van der Waals surface area contributed by atoms with Gasteiger partial charge in [0.15, 0.2) is 0 Å². The van der Waals surface area contributed by atoms with Crippen LogP contribution in [-0.2, 0) is 13.1 Å². The van der Waals surface area contributed by atoms with Crippen LogP contribution < -0.4 is 14.8 Å². The molecule has 4 aromatic rings. The van der Waals surface area contributed by atoms with E-state index in [1.54, 1.807) is 30.0 Å². The molecule has 0 saturated heterocycles. The minimum absolute atomic E-state index is 0.201. The van der Waals surface area contributed by atoms with Gasteiger partial charge in [0, 0.05) is 35.5 Å². The van der Waals surface area contributed by atoms with Gasteiger partial charge >= 0.3 is 6.36 Å². The third-order valence-electron chi connectivity index (χ3n) is 6.42. The Balaban J connectivity index is 1.37. The predicted molar refractivity (Wildman–Crippen MR) is 144 cm³/mol. The molecule has 1 aliphatic carbocycles. The summed E-state index contributed by atoms with van der Waals surface area (Å²) in [7, 11) is 1.39. The molecule has 0 atom stereocenters. The van der Waals surface area contributed by atoms with Gasteiger partial charge in [-0.2, -0.15) is 0 Å². The summed E-state index contributed by atoms with van der Waals surface area (Å²) < 4.78 is 49.9. The van der Waals surface area contributed by atoms with E-state index in [-0.39, 0.29) is 29.9 Å². The van der Waals surface area contributed by atoms with E-state index >= 15 is 0 Å². The number of carbonyl (C=O) groups is 1. The molecule has 0 unspecified atom stereocenters. The van der Waals surface area contributed by atoms with Gasteiger partial charge in [-0.15, -0.1) is 24.9 Å². The molecule has 0 aliphatic heterocycles. The van der Waals surface area contributed by atoms with E-state index in [0.717, 1.165) is 35.5 Å². The smallest absolute Gasteiger partial charge is 0.497 e. The Kier molecular flexibility index (Phi) is 7.74. The number of hydrogen-bond acceptors (Lipinski definition) is 5. The lowest BCUT2D eigenvalue weighted by atomic mass is 10.1. The maximum Gasteiger partial charge on any atom is 0.573 e. The van der Waals surface area contributed by atoms with Crippen molar-refractivity contribution >= 4 is 28.7 Å². The average Bonchev–Trinajstić information content (AvgIpc) is 3.69. The number of methoxy groups -OCH3 is 1. The molecule has 1 N–H and O–H groups in total. The summed E-state index contributed by atoms with van der Waals surface area (Å²) in [4.78, 5) is 18.9. The number of fused-ring (bicyclic) bond motifs is 1. The maximum atomic E-state index is 12.9. The van der Waals surface area contributed by atoms with Crippen molar-refractivity contribution in [1.29, 1.82) is 0 Å². The second kappa shape index (κ2) is 11.2. The summed E-state index contributed by atoms with van der Waals surface area (Å²) in [5.74, 6) is 1.86. The number of aromatic nitrogens is 2. The zero-order chi connectivity index (χ0) is 27.6. The number of nitrogens with one attached hydrogen (secondary N) is 1. The van der Waals surface area contributed by atoms with Gasteiger partial charge in [0.2, 0.25) is 0 Å². The number of amides is 1. The van der Waals surface area contributed by atoms with Crippen LogP contribution in [0.5, 0.6) is 11.5 Å². The Bertz CT molecular complexity index is 1480. The number of ether oxygens (including phenoxy) is 2. The minimum Gasteiger partial charge on any atom is -0.497 e. The van der Waals surface area contributed by atoms with Gasteiger partial charge in [0.1, 0.15) is 17.3 Å². The van der Waals surface area contributed by atoms with Crippen molar-refractivity contribution in [2.24, 2.45) is 0 Å². The van der Waals surface area contributed by atoms with Gasteiger partial charge in [0.25, 0.3) is 5.91 Å². The summed E-state index contributed by atoms with van der Waals surface area (Å²) in [5, 5.41) is 2.97. The number of thioether (sulfide) groups is 1. The van der Waals surface area contributed by atoms with Crippen molar-refractivity contribution in [2.45, 2.75) is 50.0 Å². The number of benzene rings is 3. The van der Waals surface area contributed by atoms with Crippen molar-refractivity contribution in [3.8, 4) is 11.5 Å². The standard InChI is InChI=1S/C29H28F3N3O3S/c1-3-39-24-9-4-18(5-10-24)16-33-28(36)21-8-11-26-25(14-21)34-27(20-6-7-20)35(26)17-19-12-22(37-2)15-23(13-19)38-29(30,31)32/h4-5,8-15,20H,3,6-7,16-17H2,1-2H3,(H,33,36). The molecule has 0 bridgehead atoms. The van der Waals surface area contributed by atoms with Crippen molar-refractivity contribution in [3.63, 3.8) is 0 Å². The second-order valence-corrected chi connectivity index (χ2v) is 10.7. The van der Waals surface area contributed by atoms with E-state index in [1.165, 1.54) is 24.1 Å². The molecule has 0 spiro atoms. The zero-order valence-corrected chi connectivity index (χ0v) is 22.4. The van der Waals surface area contributed by atoms with E-state index in [9.17, 15) is 18.0 Å². The molecule has 204 valence electrons. The van der Waals surface area contributed by atoms with Gasteiger partial charge in [-0.25, -0.2) is 4.98 Å². The van der Waals surface area contributed by atoms with Gasteiger partial charge in [-0.3, -0.25) is 4.79 Å². The normalized spacial score (nSPS) is 13.5. The fourth-order valence-electron chi connectivity index (χ4n) is 4.48. The van der Waals surface area contributed by atoms with Crippen LogP contribution in [0.15, 0.2) is 65.6 Å². The molecule has 3 aromatic carbocycles. The lowest BCUT2D eigenvalue weighted by Crippen LogP contribution is -2.22. The number of alkyl halides is 3. The number of nitrogens with zero attached hydrogens (tertiary/aromatic N) is 2. The Morgan fingerprint density at radius 1 is 1.05 bits per heavy atom. The summed E-state index contributed by atoms with van der Waals surface area (Å²) in [6.45, 7) is 2.80. The molecule has 5 rings (SSSR count). The number of imidazole rings is 1. The number of rotatable bonds is 10. The molecule has 6 nitrogen and oxygen atoms in total. The maximum absolute atomic E-state index is 12.9. The van der Waals surface area contributed by atoms with Crippen LogP contribution in [-0.4, -0.2) is 34.7 Å². The number of hydrogen-bond donors (Lipinski definition) is 1. The first kappa shape index (κ1) is 26.9. The predicted octanol–water partition coefficient (Wildman–Crippen LogP) is 6.91. The van der Waals surface area contributed by atoms with Crippen molar-refractivity contribution in [3.05, 3.63) is 83.2 Å². The molecule has 1 saturated carbocycles. The molecule has 10 heteroatoms. The first-order valence-electron chi connectivity index (χ1n) is 12.7. The molecular weight excluding hydrogens is 527 g/mol. The highest BCUT2D eigenvalue weighted by Crippen LogP contribution is 2.41. The van der Waals surface area contributed by atoms with Crippen molar-refractivity contribution < 1.29 is 27.4 Å². The fraction of sp³-hybridized carbons (Fsp3) is 0.310. The monoisotopic (exact) mass is 555 g/mol. The summed E-state index contributed by atoms with van der Waals surface area (Å²) in [5.41, 5.74) is 3.56. The fourth-order valence-corrected chi connectivity index (χ4v) is 5.14. The van der Waals surface area contributed by atoms with E-state index in [0.29, 0.717) is 23.2 Å². The van der Waals surface area contributed by atoms with Crippen molar-refractivity contribution in [1.82, 2.24) is 14.9 Å². The molecule has 1 heterocycles. The van der Waals surface area contributed by atoms with E-state index in [2.05, 4.69) is 17.0 Å². The molecule has 39 heavy (non-hydrogen) atoms. The highest BCUT2D eigenvalue weighted by Gasteiger charge is 2.32. The van der Waals surface area contributed by atoms with E-state index in [1.807, 2.05) is 34.9 Å². The van der Waals surface area contributed by atoms with Crippen molar-refractivity contribution in [2.75, 3.05) is 12.9 Å². The molecule has 0 radical (unpaired) electrons. The number of carbonyl (C=O) groups excluding carboxylic acids is 1. The van der Waals surface area contributed by atoms with Gasteiger partial charge in [0.05, 0.1) is 18.1 Å². The highest BCUT2D eigenvalue weighted by atomic mass is 32.2. The molecule has 1 aromatic heterocycles. The Morgan fingerprint density at radius 2 is 1.79 bits per heavy atom. The number of halogens is 3. The minimum atomic E-state index is -4.81. The summed E-state index contributed by atoms with van der Waals surface area (Å²) in [6.07, 6.45) is -2.82. The van der Waals surface area contributed by atoms with Crippen LogP contribution >= 0.6 is 11.8 Å². The van der Waals surface area contributed by atoms with Crippen LogP contribution in [0, 0.1) is 0 Å². The largest absolute Gasteiger partial charge is 0.573 e. The quantitative estimate of drug-likeness (QED) is 0.216. The average molecular weight is 556 g/mol. The van der Waals surface area contributed by atoms with E-state index in [4.69, 9.17) is 9.72 Å². The first-order chi connectivity index (χ1) is 18.7. The van der Waals surface area contributed by atoms with Gasteiger partial charge in [-0.1, -0.05) is 19.1 Å². The molecule has 1 aliphatic rings. The third kappa shape index (κ3) is 6.68. The van der Waals surface area contributed by atoms with E-state index < -0.39 is 6.36 Å². The Morgan fingerprint density at radius 3 is 2.46 bits per heavy atom. The lowest BCUT2D eigenvalue weighted by Gasteiger charge is -2.14. The van der Waals surface area contributed by atoms with Crippen LogP contribution in [0.4, 0.5) is 13.2 Å². The van der Waals surface area contributed by atoms with Gasteiger partial charge < -0.3 is 19.4 Å². The van der Waals surface area contributed by atoms with Crippen LogP contribution in [0.1, 0.15) is 53.0 Å². The lowest BCUT2D eigenvalue weighted by molar-refractivity contribution is -0.274. The second-order valence-electron chi connectivity index (χ2n) is 9.36. The molecule has 1 amide bonds. The van der Waals surface area contributed by atoms with Crippen LogP contribution in [0.2, 0.25) is 0 Å². The molecular formula is C29H28F3N3O3S. The van der Waals surface area contributed by atoms with Gasteiger partial charge in [-0.05, 0) is 72.2 Å². The first-order valence-corrected chi connectivity index (χ1v) is 13.6. The Labute approximate surface area is 228 Å². The summed E-state index contributed by atoms with van der Waals surface area (Å²) >= 11 is 1.77. The highest BCUT2D eigenvalue weighted by molar-refractivity contribution is 7.99. The van der Waals surface area contributed by atoms with Crippen LogP contribution in [0.25, 0.3) is 11.0 Å².